The van der Waals surface area contributed by atoms with Crippen LogP contribution in [0, 0.1) is 5.82 Å². The smallest absolute Gasteiger partial charge is 0.457 e. The van der Waals surface area contributed by atoms with Crippen molar-refractivity contribution in [1.29, 1.82) is 0 Å². The van der Waals surface area contributed by atoms with Gasteiger partial charge in [0.15, 0.2) is 0 Å². The number of halogens is 5. The van der Waals surface area contributed by atoms with Gasteiger partial charge in [-0.2, -0.15) is 0 Å². The first-order valence-corrected chi connectivity index (χ1v) is 6.31. The molecular formula is C13H8BrF4NO2. The summed E-state index contributed by atoms with van der Waals surface area (Å²) in [5.41, 5.74) is 5.63. The number of nitrogens with two attached hydrogens (primary N) is 1. The summed E-state index contributed by atoms with van der Waals surface area (Å²) >= 11 is 2.94. The van der Waals surface area contributed by atoms with Gasteiger partial charge in [0.2, 0.25) is 0 Å². The molecule has 0 aromatic heterocycles. The van der Waals surface area contributed by atoms with Crippen molar-refractivity contribution in [3.8, 4) is 17.2 Å². The lowest BCUT2D eigenvalue weighted by molar-refractivity contribution is -0.274. The Labute approximate surface area is 125 Å². The molecule has 0 fully saturated rings. The lowest BCUT2D eigenvalue weighted by atomic mass is 10.3. The van der Waals surface area contributed by atoms with Crippen molar-refractivity contribution in [1.82, 2.24) is 0 Å². The minimum absolute atomic E-state index is 0.0432. The fraction of sp³-hybridized carbons (Fsp3) is 0.0769. The molecule has 0 aliphatic carbocycles. The molecule has 2 N–H and O–H groups in total. The fourth-order valence-electron chi connectivity index (χ4n) is 1.53. The summed E-state index contributed by atoms with van der Waals surface area (Å²) in [5, 5.41) is 0. The number of alkyl halides is 3. The molecule has 8 heteroatoms. The van der Waals surface area contributed by atoms with Crippen LogP contribution in [-0.2, 0) is 0 Å². The van der Waals surface area contributed by atoms with E-state index in [4.69, 9.17) is 10.5 Å². The summed E-state index contributed by atoms with van der Waals surface area (Å²) in [6.45, 7) is 0. The van der Waals surface area contributed by atoms with E-state index >= 15 is 0 Å². The van der Waals surface area contributed by atoms with Crippen LogP contribution in [0.1, 0.15) is 0 Å². The minimum atomic E-state index is -4.79. The molecule has 3 nitrogen and oxygen atoms in total. The molecule has 0 atom stereocenters. The average Bonchev–Trinajstić information content (AvgIpc) is 2.30. The molecule has 2 aromatic rings. The van der Waals surface area contributed by atoms with Gasteiger partial charge in [-0.25, -0.2) is 4.39 Å². The number of anilines is 1. The molecule has 21 heavy (non-hydrogen) atoms. The normalized spacial score (nSPS) is 11.3. The first kappa shape index (κ1) is 15.4. The first-order valence-electron chi connectivity index (χ1n) is 5.52. The molecule has 0 saturated heterocycles. The highest BCUT2D eigenvalue weighted by Crippen LogP contribution is 2.35. The summed E-state index contributed by atoms with van der Waals surface area (Å²) < 4.78 is 58.7. The van der Waals surface area contributed by atoms with E-state index < -0.39 is 17.9 Å². The monoisotopic (exact) mass is 365 g/mol. The second-order valence-electron chi connectivity index (χ2n) is 3.96. The first-order chi connectivity index (χ1) is 9.73. The van der Waals surface area contributed by atoms with Gasteiger partial charge in [0, 0.05) is 17.8 Å². The van der Waals surface area contributed by atoms with Crippen LogP contribution in [0.4, 0.5) is 23.2 Å². The van der Waals surface area contributed by atoms with Crippen LogP contribution in [0.2, 0.25) is 0 Å². The van der Waals surface area contributed by atoms with Crippen LogP contribution in [0.15, 0.2) is 40.9 Å². The van der Waals surface area contributed by atoms with E-state index in [0.717, 1.165) is 18.2 Å². The van der Waals surface area contributed by atoms with E-state index in [2.05, 4.69) is 20.7 Å². The molecule has 0 radical (unpaired) electrons. The van der Waals surface area contributed by atoms with Gasteiger partial charge in [-0.05, 0) is 40.2 Å². The van der Waals surface area contributed by atoms with Crippen LogP contribution in [0.25, 0.3) is 0 Å². The summed E-state index contributed by atoms with van der Waals surface area (Å²) in [6, 6.07) is 7.20. The molecule has 0 unspecified atom stereocenters. The van der Waals surface area contributed by atoms with Crippen LogP contribution in [-0.4, -0.2) is 6.36 Å². The molecule has 0 bridgehead atoms. The summed E-state index contributed by atoms with van der Waals surface area (Å²) in [5.74, 6) is -0.667. The van der Waals surface area contributed by atoms with Gasteiger partial charge in [-0.1, -0.05) is 0 Å². The zero-order valence-electron chi connectivity index (χ0n) is 10.2. The van der Waals surface area contributed by atoms with E-state index in [1.807, 2.05) is 0 Å². The predicted molar refractivity (Wildman–Crippen MR) is 71.7 cm³/mol. The van der Waals surface area contributed by atoms with Crippen molar-refractivity contribution < 1.29 is 27.0 Å². The number of hydrogen-bond donors (Lipinski definition) is 1. The molecule has 0 heterocycles. The van der Waals surface area contributed by atoms with E-state index in [1.165, 1.54) is 18.2 Å². The molecule has 0 amide bonds. The SMILES string of the molecule is Nc1cc(F)cc(Oc2ccc(OC(F)(F)F)c(Br)c2)c1. The number of nitrogen functional groups attached to an aromatic ring is 1. The van der Waals surface area contributed by atoms with Crippen LogP contribution in [0.3, 0.4) is 0 Å². The van der Waals surface area contributed by atoms with Crippen molar-refractivity contribution in [2.45, 2.75) is 6.36 Å². The summed E-state index contributed by atoms with van der Waals surface area (Å²) in [7, 11) is 0. The van der Waals surface area contributed by atoms with Gasteiger partial charge in [0.25, 0.3) is 0 Å². The Balaban J connectivity index is 2.20. The summed E-state index contributed by atoms with van der Waals surface area (Å²) in [6.07, 6.45) is -4.79. The Morgan fingerprint density at radius 2 is 1.71 bits per heavy atom. The van der Waals surface area contributed by atoms with Gasteiger partial charge in [-0.3, -0.25) is 0 Å². The third kappa shape index (κ3) is 4.52. The third-order valence-corrected chi connectivity index (χ3v) is 2.88. The lowest BCUT2D eigenvalue weighted by Gasteiger charge is -2.12. The van der Waals surface area contributed by atoms with Crippen LogP contribution >= 0.6 is 15.9 Å². The van der Waals surface area contributed by atoms with Crippen LogP contribution < -0.4 is 15.2 Å². The second-order valence-corrected chi connectivity index (χ2v) is 4.82. The zero-order valence-corrected chi connectivity index (χ0v) is 11.8. The fourth-order valence-corrected chi connectivity index (χ4v) is 1.97. The van der Waals surface area contributed by atoms with Crippen molar-refractivity contribution in [2.75, 3.05) is 5.73 Å². The highest BCUT2D eigenvalue weighted by Gasteiger charge is 2.32. The highest BCUT2D eigenvalue weighted by atomic mass is 79.9. The molecule has 0 spiro atoms. The van der Waals surface area contributed by atoms with Gasteiger partial charge >= 0.3 is 6.36 Å². The second kappa shape index (κ2) is 5.80. The predicted octanol–water partition coefficient (Wildman–Crippen LogP) is 4.86. The van der Waals surface area contributed by atoms with Gasteiger partial charge in [0.05, 0.1) is 4.47 Å². The van der Waals surface area contributed by atoms with Gasteiger partial charge < -0.3 is 15.2 Å². The van der Waals surface area contributed by atoms with Crippen molar-refractivity contribution >= 4 is 21.6 Å². The van der Waals surface area contributed by atoms with Gasteiger partial charge in [0.1, 0.15) is 23.1 Å². The van der Waals surface area contributed by atoms with Crippen molar-refractivity contribution in [3.05, 3.63) is 46.7 Å². The Morgan fingerprint density at radius 3 is 2.29 bits per heavy atom. The average molecular weight is 366 g/mol. The van der Waals surface area contributed by atoms with E-state index in [-0.39, 0.29) is 21.7 Å². The zero-order chi connectivity index (χ0) is 15.6. The largest absolute Gasteiger partial charge is 0.573 e. The molecular weight excluding hydrogens is 358 g/mol. The van der Waals surface area contributed by atoms with Crippen molar-refractivity contribution in [2.24, 2.45) is 0 Å². The number of rotatable bonds is 3. The maximum Gasteiger partial charge on any atom is 0.573 e. The van der Waals surface area contributed by atoms with Crippen LogP contribution in [0.5, 0.6) is 17.2 Å². The Hall–Kier alpha value is -1.96. The molecule has 0 saturated carbocycles. The van der Waals surface area contributed by atoms with E-state index in [0.29, 0.717) is 0 Å². The Kier molecular flexibility index (Phi) is 4.26. The molecule has 2 aromatic carbocycles. The Bertz CT molecular complexity index is 641. The highest BCUT2D eigenvalue weighted by molar-refractivity contribution is 9.10. The van der Waals surface area contributed by atoms with Gasteiger partial charge in [-0.15, -0.1) is 13.2 Å². The van der Waals surface area contributed by atoms with E-state index in [1.54, 1.807) is 0 Å². The number of hydrogen-bond acceptors (Lipinski definition) is 3. The lowest BCUT2D eigenvalue weighted by Crippen LogP contribution is -2.17. The quantitative estimate of drug-likeness (QED) is 0.623. The molecule has 2 rings (SSSR count). The third-order valence-electron chi connectivity index (χ3n) is 2.26. The minimum Gasteiger partial charge on any atom is -0.457 e. The van der Waals surface area contributed by atoms with E-state index in [9.17, 15) is 17.6 Å². The number of benzene rings is 2. The summed E-state index contributed by atoms with van der Waals surface area (Å²) in [4.78, 5) is 0. The maximum atomic E-state index is 13.1. The van der Waals surface area contributed by atoms with Crippen molar-refractivity contribution in [3.63, 3.8) is 0 Å². The topological polar surface area (TPSA) is 44.5 Å². The maximum absolute atomic E-state index is 13.1. The standard InChI is InChI=1S/C13H8BrF4NO2/c14-11-6-9(1-2-12(11)21-13(16,17)18)20-10-4-7(15)3-8(19)5-10/h1-6H,19H2. The molecule has 0 aliphatic rings. The Morgan fingerprint density at radius 1 is 1.00 bits per heavy atom. The molecule has 0 aliphatic heterocycles. The number of ether oxygens (including phenoxy) is 2. The molecule has 112 valence electrons.